The predicted octanol–water partition coefficient (Wildman–Crippen LogP) is 3.23. The first-order chi connectivity index (χ1) is 9.40. The zero-order valence-corrected chi connectivity index (χ0v) is 14.2. The van der Waals surface area contributed by atoms with Crippen LogP contribution in [0.4, 0.5) is 5.69 Å². The zero-order chi connectivity index (χ0) is 15.1. The van der Waals surface area contributed by atoms with Crippen LogP contribution in [0.15, 0.2) is 18.2 Å². The van der Waals surface area contributed by atoms with Gasteiger partial charge in [-0.05, 0) is 44.8 Å². The first-order valence-electron chi connectivity index (χ1n) is 7.28. The Kier molecular flexibility index (Phi) is 7.35. The van der Waals surface area contributed by atoms with Crippen LogP contribution in [0.1, 0.15) is 25.8 Å². The molecule has 1 aromatic carbocycles. The minimum absolute atomic E-state index is 0.488. The molecule has 0 aliphatic rings. The van der Waals surface area contributed by atoms with Gasteiger partial charge in [-0.2, -0.15) is 0 Å². The molecule has 0 aliphatic heterocycles. The fourth-order valence-electron chi connectivity index (χ4n) is 2.04. The SMILES string of the molecule is CC(C)NCc1ccc(N(C)CCCN(C)C)c(Cl)c1. The van der Waals surface area contributed by atoms with Crippen LogP contribution in [-0.4, -0.2) is 45.2 Å². The standard InChI is InChI=1S/C16H28ClN3/c1-13(2)18-12-14-7-8-16(15(17)11-14)20(5)10-6-9-19(3)4/h7-8,11,13,18H,6,9-10,12H2,1-5H3. The molecule has 0 fully saturated rings. The fourth-order valence-corrected chi connectivity index (χ4v) is 2.38. The molecular formula is C16H28ClN3. The Bertz CT molecular complexity index is 405. The third-order valence-electron chi connectivity index (χ3n) is 3.24. The normalized spacial score (nSPS) is 11.4. The maximum atomic E-state index is 6.40. The van der Waals surface area contributed by atoms with Gasteiger partial charge in [-0.1, -0.05) is 31.5 Å². The lowest BCUT2D eigenvalue weighted by Gasteiger charge is -2.22. The van der Waals surface area contributed by atoms with Crippen molar-refractivity contribution in [3.63, 3.8) is 0 Å². The van der Waals surface area contributed by atoms with Crippen molar-refractivity contribution in [3.05, 3.63) is 28.8 Å². The summed E-state index contributed by atoms with van der Waals surface area (Å²) in [6.07, 6.45) is 1.14. The van der Waals surface area contributed by atoms with Crippen molar-refractivity contribution in [1.82, 2.24) is 10.2 Å². The van der Waals surface area contributed by atoms with E-state index in [2.05, 4.69) is 68.3 Å². The highest BCUT2D eigenvalue weighted by atomic mass is 35.5. The molecule has 0 bridgehead atoms. The number of nitrogens with one attached hydrogen (secondary N) is 1. The maximum Gasteiger partial charge on any atom is 0.0642 e. The molecule has 3 nitrogen and oxygen atoms in total. The summed E-state index contributed by atoms with van der Waals surface area (Å²) in [6.45, 7) is 7.27. The lowest BCUT2D eigenvalue weighted by molar-refractivity contribution is 0.401. The van der Waals surface area contributed by atoms with E-state index in [1.54, 1.807) is 0 Å². The van der Waals surface area contributed by atoms with E-state index in [4.69, 9.17) is 11.6 Å². The van der Waals surface area contributed by atoms with Gasteiger partial charge < -0.3 is 15.1 Å². The molecule has 0 saturated carbocycles. The Balaban J connectivity index is 2.58. The van der Waals surface area contributed by atoms with Gasteiger partial charge in [0, 0.05) is 26.2 Å². The smallest absolute Gasteiger partial charge is 0.0642 e. The Morgan fingerprint density at radius 1 is 1.15 bits per heavy atom. The molecule has 20 heavy (non-hydrogen) atoms. The summed E-state index contributed by atoms with van der Waals surface area (Å²) in [4.78, 5) is 4.43. The Morgan fingerprint density at radius 2 is 1.85 bits per heavy atom. The quantitative estimate of drug-likeness (QED) is 0.795. The predicted molar refractivity (Wildman–Crippen MR) is 89.9 cm³/mol. The van der Waals surface area contributed by atoms with Gasteiger partial charge in [-0.3, -0.25) is 0 Å². The van der Waals surface area contributed by atoms with Crippen LogP contribution in [0.2, 0.25) is 5.02 Å². The molecule has 0 radical (unpaired) electrons. The van der Waals surface area contributed by atoms with E-state index in [0.717, 1.165) is 36.8 Å². The second kappa shape index (κ2) is 8.50. The molecule has 0 unspecified atom stereocenters. The summed E-state index contributed by atoms with van der Waals surface area (Å²) in [7, 11) is 6.30. The van der Waals surface area contributed by atoms with Crippen LogP contribution in [0.25, 0.3) is 0 Å². The minimum atomic E-state index is 0.488. The van der Waals surface area contributed by atoms with Crippen molar-refractivity contribution in [1.29, 1.82) is 0 Å². The van der Waals surface area contributed by atoms with Gasteiger partial charge in [0.15, 0.2) is 0 Å². The number of hydrogen-bond acceptors (Lipinski definition) is 3. The van der Waals surface area contributed by atoms with Gasteiger partial charge in [0.25, 0.3) is 0 Å². The molecule has 0 saturated heterocycles. The Labute approximate surface area is 128 Å². The first-order valence-corrected chi connectivity index (χ1v) is 7.65. The molecule has 0 aliphatic carbocycles. The lowest BCUT2D eigenvalue weighted by atomic mass is 10.2. The van der Waals surface area contributed by atoms with Gasteiger partial charge in [0.1, 0.15) is 0 Å². The van der Waals surface area contributed by atoms with Crippen molar-refractivity contribution >= 4 is 17.3 Å². The van der Waals surface area contributed by atoms with Gasteiger partial charge in [0.2, 0.25) is 0 Å². The highest BCUT2D eigenvalue weighted by Crippen LogP contribution is 2.26. The van der Waals surface area contributed by atoms with Crippen molar-refractivity contribution < 1.29 is 0 Å². The molecule has 1 rings (SSSR count). The number of nitrogens with zero attached hydrogens (tertiary/aromatic N) is 2. The summed E-state index contributed by atoms with van der Waals surface area (Å²) in [5, 5.41) is 4.24. The lowest BCUT2D eigenvalue weighted by Crippen LogP contribution is -2.24. The minimum Gasteiger partial charge on any atom is -0.373 e. The Morgan fingerprint density at radius 3 is 2.40 bits per heavy atom. The van der Waals surface area contributed by atoms with Crippen LogP contribution in [-0.2, 0) is 6.54 Å². The molecule has 0 spiro atoms. The molecule has 4 heteroatoms. The summed E-state index contributed by atoms with van der Waals surface area (Å²) in [5.74, 6) is 0. The van der Waals surface area contributed by atoms with Crippen LogP contribution < -0.4 is 10.2 Å². The third kappa shape index (κ3) is 6.12. The highest BCUT2D eigenvalue weighted by Gasteiger charge is 2.07. The zero-order valence-electron chi connectivity index (χ0n) is 13.4. The molecule has 1 N–H and O–H groups in total. The number of rotatable bonds is 8. The number of benzene rings is 1. The van der Waals surface area contributed by atoms with Crippen LogP contribution in [0.5, 0.6) is 0 Å². The molecule has 0 atom stereocenters. The summed E-state index contributed by atoms with van der Waals surface area (Å²) < 4.78 is 0. The molecule has 114 valence electrons. The van der Waals surface area contributed by atoms with Gasteiger partial charge in [0.05, 0.1) is 10.7 Å². The second-order valence-corrected chi connectivity index (χ2v) is 6.31. The summed E-state index contributed by atoms with van der Waals surface area (Å²) in [5.41, 5.74) is 2.34. The van der Waals surface area contributed by atoms with Gasteiger partial charge in [-0.15, -0.1) is 0 Å². The van der Waals surface area contributed by atoms with Gasteiger partial charge >= 0.3 is 0 Å². The highest BCUT2D eigenvalue weighted by molar-refractivity contribution is 6.33. The number of anilines is 1. The van der Waals surface area contributed by atoms with E-state index < -0.39 is 0 Å². The van der Waals surface area contributed by atoms with Crippen LogP contribution in [0.3, 0.4) is 0 Å². The maximum absolute atomic E-state index is 6.40. The second-order valence-electron chi connectivity index (χ2n) is 5.90. The third-order valence-corrected chi connectivity index (χ3v) is 3.54. The van der Waals surface area contributed by atoms with E-state index in [1.807, 2.05) is 0 Å². The van der Waals surface area contributed by atoms with Crippen molar-refractivity contribution in [2.45, 2.75) is 32.9 Å². The molecule has 0 amide bonds. The largest absolute Gasteiger partial charge is 0.373 e. The van der Waals surface area contributed by atoms with Crippen molar-refractivity contribution in [3.8, 4) is 0 Å². The van der Waals surface area contributed by atoms with E-state index in [0.29, 0.717) is 6.04 Å². The first kappa shape index (κ1) is 17.3. The van der Waals surface area contributed by atoms with Crippen LogP contribution >= 0.6 is 11.6 Å². The fraction of sp³-hybridized carbons (Fsp3) is 0.625. The van der Waals surface area contributed by atoms with E-state index in [-0.39, 0.29) is 0 Å². The monoisotopic (exact) mass is 297 g/mol. The number of hydrogen-bond donors (Lipinski definition) is 1. The van der Waals surface area contributed by atoms with E-state index >= 15 is 0 Å². The summed E-state index contributed by atoms with van der Waals surface area (Å²) in [6, 6.07) is 6.82. The molecule has 0 aromatic heterocycles. The van der Waals surface area contributed by atoms with Crippen LogP contribution in [0, 0.1) is 0 Å². The average molecular weight is 298 g/mol. The molecule has 1 aromatic rings. The topological polar surface area (TPSA) is 18.5 Å². The van der Waals surface area contributed by atoms with E-state index in [1.165, 1.54) is 5.56 Å². The summed E-state index contributed by atoms with van der Waals surface area (Å²) >= 11 is 6.40. The average Bonchev–Trinajstić information content (AvgIpc) is 2.35. The Hall–Kier alpha value is -0.770. The molecular weight excluding hydrogens is 270 g/mol. The van der Waals surface area contributed by atoms with Gasteiger partial charge in [-0.25, -0.2) is 0 Å². The molecule has 0 heterocycles. The van der Waals surface area contributed by atoms with Crippen molar-refractivity contribution in [2.75, 3.05) is 39.1 Å². The van der Waals surface area contributed by atoms with Crippen molar-refractivity contribution in [2.24, 2.45) is 0 Å². The number of halogens is 1. The van der Waals surface area contributed by atoms with E-state index in [9.17, 15) is 0 Å².